The van der Waals surface area contributed by atoms with Gasteiger partial charge >= 0.3 is 5.69 Å². The SMILES string of the molecule is COc1ccc(CSCC(=O)N2CCC(CN)CC2)cc1[N+](=O)[O-]. The van der Waals surface area contributed by atoms with Crippen LogP contribution in [-0.4, -0.2) is 48.2 Å². The van der Waals surface area contributed by atoms with Crippen LogP contribution in [0.2, 0.25) is 0 Å². The molecule has 8 heteroatoms. The summed E-state index contributed by atoms with van der Waals surface area (Å²) in [5, 5.41) is 11.0. The van der Waals surface area contributed by atoms with Crippen LogP contribution in [0.25, 0.3) is 0 Å². The lowest BCUT2D eigenvalue weighted by molar-refractivity contribution is -0.385. The maximum Gasteiger partial charge on any atom is 0.311 e. The molecule has 0 bridgehead atoms. The summed E-state index contributed by atoms with van der Waals surface area (Å²) in [6, 6.07) is 4.88. The normalized spacial score (nSPS) is 15.3. The Morgan fingerprint density at radius 1 is 1.46 bits per heavy atom. The van der Waals surface area contributed by atoms with Gasteiger partial charge in [0.05, 0.1) is 17.8 Å². The minimum Gasteiger partial charge on any atom is -0.490 e. The van der Waals surface area contributed by atoms with E-state index < -0.39 is 4.92 Å². The van der Waals surface area contributed by atoms with Gasteiger partial charge < -0.3 is 15.4 Å². The van der Waals surface area contributed by atoms with Gasteiger partial charge in [0.1, 0.15) is 0 Å². The smallest absolute Gasteiger partial charge is 0.311 e. The van der Waals surface area contributed by atoms with Crippen LogP contribution in [-0.2, 0) is 10.5 Å². The Labute approximate surface area is 145 Å². The number of nitrogens with zero attached hydrogens (tertiary/aromatic N) is 2. The lowest BCUT2D eigenvalue weighted by Crippen LogP contribution is -2.40. The lowest BCUT2D eigenvalue weighted by atomic mass is 9.97. The van der Waals surface area contributed by atoms with Crippen LogP contribution in [0.15, 0.2) is 18.2 Å². The van der Waals surface area contributed by atoms with Gasteiger partial charge in [-0.2, -0.15) is 0 Å². The average molecular weight is 353 g/mol. The van der Waals surface area contributed by atoms with Crippen molar-refractivity contribution in [1.82, 2.24) is 4.90 Å². The second kappa shape index (κ2) is 8.89. The summed E-state index contributed by atoms with van der Waals surface area (Å²) in [5.41, 5.74) is 6.42. The highest BCUT2D eigenvalue weighted by molar-refractivity contribution is 7.99. The quantitative estimate of drug-likeness (QED) is 0.595. The summed E-state index contributed by atoms with van der Waals surface area (Å²) in [4.78, 5) is 24.7. The van der Waals surface area contributed by atoms with Crippen molar-refractivity contribution in [2.75, 3.05) is 32.5 Å². The molecule has 132 valence electrons. The van der Waals surface area contributed by atoms with Crippen molar-refractivity contribution < 1.29 is 14.5 Å². The first-order valence-corrected chi connectivity index (χ1v) is 9.07. The number of rotatable bonds is 7. The van der Waals surface area contributed by atoms with Crippen LogP contribution in [0.4, 0.5) is 5.69 Å². The molecule has 7 nitrogen and oxygen atoms in total. The standard InChI is InChI=1S/C16H23N3O4S/c1-23-15-3-2-13(8-14(15)19(21)22)10-24-11-16(20)18-6-4-12(9-17)5-7-18/h2-3,8,12H,4-7,9-11,17H2,1H3. The average Bonchev–Trinajstić information content (AvgIpc) is 2.61. The van der Waals surface area contributed by atoms with E-state index in [0.29, 0.717) is 24.0 Å². The van der Waals surface area contributed by atoms with Crippen molar-refractivity contribution in [3.8, 4) is 5.75 Å². The lowest BCUT2D eigenvalue weighted by Gasteiger charge is -2.31. The number of piperidine rings is 1. The minimum atomic E-state index is -0.459. The number of ether oxygens (including phenoxy) is 1. The fourth-order valence-electron chi connectivity index (χ4n) is 2.73. The zero-order chi connectivity index (χ0) is 17.5. The van der Waals surface area contributed by atoms with Crippen LogP contribution in [0.1, 0.15) is 18.4 Å². The van der Waals surface area contributed by atoms with Crippen molar-refractivity contribution in [3.63, 3.8) is 0 Å². The maximum atomic E-state index is 12.2. The Kier molecular flexibility index (Phi) is 6.86. The molecule has 24 heavy (non-hydrogen) atoms. The molecule has 1 aromatic carbocycles. The molecule has 1 amide bonds. The van der Waals surface area contributed by atoms with Gasteiger partial charge in [-0.05, 0) is 36.9 Å². The third-order valence-electron chi connectivity index (χ3n) is 4.23. The largest absolute Gasteiger partial charge is 0.490 e. The highest BCUT2D eigenvalue weighted by atomic mass is 32.2. The highest BCUT2D eigenvalue weighted by Gasteiger charge is 2.22. The van der Waals surface area contributed by atoms with Gasteiger partial charge in [-0.1, -0.05) is 6.07 Å². The molecule has 0 aromatic heterocycles. The number of likely N-dealkylation sites (tertiary alicyclic amines) is 1. The molecule has 0 radical (unpaired) electrons. The fourth-order valence-corrected chi connectivity index (χ4v) is 3.61. The number of hydrogen-bond acceptors (Lipinski definition) is 6. The summed E-state index contributed by atoms with van der Waals surface area (Å²) in [7, 11) is 1.41. The number of nitro benzene ring substituents is 1. The van der Waals surface area contributed by atoms with E-state index in [-0.39, 0.29) is 17.3 Å². The zero-order valence-corrected chi connectivity index (χ0v) is 14.6. The Morgan fingerprint density at radius 2 is 2.17 bits per heavy atom. The van der Waals surface area contributed by atoms with Crippen LogP contribution in [0.5, 0.6) is 5.75 Å². The molecule has 2 N–H and O–H groups in total. The van der Waals surface area contributed by atoms with Crippen molar-refractivity contribution in [2.45, 2.75) is 18.6 Å². The molecule has 0 saturated carbocycles. The molecule has 2 rings (SSSR count). The molecule has 0 atom stereocenters. The Morgan fingerprint density at radius 3 is 2.75 bits per heavy atom. The molecule has 1 saturated heterocycles. The third-order valence-corrected chi connectivity index (χ3v) is 5.22. The summed E-state index contributed by atoms with van der Waals surface area (Å²) in [5.74, 6) is 1.83. The number of methoxy groups -OCH3 is 1. The second-order valence-electron chi connectivity index (χ2n) is 5.82. The minimum absolute atomic E-state index is 0.0502. The van der Waals surface area contributed by atoms with E-state index >= 15 is 0 Å². The Bertz CT molecular complexity index is 589. The van der Waals surface area contributed by atoms with E-state index in [4.69, 9.17) is 10.5 Å². The van der Waals surface area contributed by atoms with Crippen LogP contribution in [0, 0.1) is 16.0 Å². The number of carbonyl (C=O) groups is 1. The number of benzene rings is 1. The van der Waals surface area contributed by atoms with Crippen LogP contribution in [0.3, 0.4) is 0 Å². The van der Waals surface area contributed by atoms with Gasteiger partial charge in [0.15, 0.2) is 5.75 Å². The number of amides is 1. The molecule has 1 fully saturated rings. The third kappa shape index (κ3) is 4.85. The summed E-state index contributed by atoms with van der Waals surface area (Å²) in [6.45, 7) is 2.23. The first-order chi connectivity index (χ1) is 11.5. The molecule has 1 aliphatic heterocycles. The molecule has 0 unspecified atom stereocenters. The van der Waals surface area contributed by atoms with Gasteiger partial charge in [-0.25, -0.2) is 0 Å². The number of carbonyl (C=O) groups excluding carboxylic acids is 1. The summed E-state index contributed by atoms with van der Waals surface area (Å²) in [6.07, 6.45) is 1.94. The van der Waals surface area contributed by atoms with E-state index in [0.717, 1.165) is 31.5 Å². The van der Waals surface area contributed by atoms with E-state index in [1.165, 1.54) is 24.9 Å². The van der Waals surface area contributed by atoms with E-state index in [9.17, 15) is 14.9 Å². The topological polar surface area (TPSA) is 98.7 Å². The molecule has 0 aliphatic carbocycles. The summed E-state index contributed by atoms with van der Waals surface area (Å²) >= 11 is 1.47. The Balaban J connectivity index is 1.82. The number of nitrogens with two attached hydrogens (primary N) is 1. The van der Waals surface area contributed by atoms with Crippen molar-refractivity contribution in [1.29, 1.82) is 0 Å². The van der Waals surface area contributed by atoms with Gasteiger partial charge in [-0.3, -0.25) is 14.9 Å². The predicted octanol–water partition coefficient (Wildman–Crippen LogP) is 2.03. The van der Waals surface area contributed by atoms with Crippen molar-refractivity contribution in [3.05, 3.63) is 33.9 Å². The molecule has 1 heterocycles. The van der Waals surface area contributed by atoms with Crippen LogP contribution >= 0.6 is 11.8 Å². The Hall–Kier alpha value is -1.80. The number of nitro groups is 1. The molecule has 0 spiro atoms. The fraction of sp³-hybridized carbons (Fsp3) is 0.562. The van der Waals surface area contributed by atoms with Gasteiger partial charge in [0, 0.05) is 24.9 Å². The van der Waals surface area contributed by atoms with Crippen molar-refractivity contribution in [2.24, 2.45) is 11.7 Å². The molecule has 1 aliphatic rings. The van der Waals surface area contributed by atoms with Crippen molar-refractivity contribution >= 4 is 23.4 Å². The predicted molar refractivity (Wildman–Crippen MR) is 94.2 cm³/mol. The molecular weight excluding hydrogens is 330 g/mol. The highest BCUT2D eigenvalue weighted by Crippen LogP contribution is 2.29. The monoisotopic (exact) mass is 353 g/mol. The van der Waals surface area contributed by atoms with Gasteiger partial charge in [-0.15, -0.1) is 11.8 Å². The van der Waals surface area contributed by atoms with E-state index in [2.05, 4.69) is 0 Å². The second-order valence-corrected chi connectivity index (χ2v) is 6.80. The van der Waals surface area contributed by atoms with Crippen LogP contribution < -0.4 is 10.5 Å². The van der Waals surface area contributed by atoms with E-state index in [1.807, 2.05) is 4.90 Å². The van der Waals surface area contributed by atoms with Gasteiger partial charge in [0.2, 0.25) is 5.91 Å². The molecular formula is C16H23N3O4S. The number of thioether (sulfide) groups is 1. The first-order valence-electron chi connectivity index (χ1n) is 7.92. The first kappa shape index (κ1) is 18.5. The van der Waals surface area contributed by atoms with E-state index in [1.54, 1.807) is 12.1 Å². The molecule has 1 aromatic rings. The van der Waals surface area contributed by atoms with Gasteiger partial charge in [0.25, 0.3) is 0 Å². The summed E-state index contributed by atoms with van der Waals surface area (Å²) < 4.78 is 4.98. The zero-order valence-electron chi connectivity index (χ0n) is 13.8. The number of hydrogen-bond donors (Lipinski definition) is 1. The maximum absolute atomic E-state index is 12.2.